The lowest BCUT2D eigenvalue weighted by Gasteiger charge is -2.13. The van der Waals surface area contributed by atoms with Crippen LogP contribution in [-0.2, 0) is 11.2 Å². The maximum absolute atomic E-state index is 12.9. The van der Waals surface area contributed by atoms with Gasteiger partial charge in [-0.2, -0.15) is 5.10 Å². The van der Waals surface area contributed by atoms with Crippen LogP contribution in [0.25, 0.3) is 0 Å². The van der Waals surface area contributed by atoms with Crippen LogP contribution in [-0.4, -0.2) is 25.3 Å². The van der Waals surface area contributed by atoms with E-state index in [-0.39, 0.29) is 18.1 Å². The number of ether oxygens (including phenoxy) is 2. The fraction of sp³-hybridized carbons (Fsp3) is 0.263. The molecule has 2 aromatic carbocycles. The molecular weight excluding hydrogens is 403 g/mol. The molecule has 0 bridgehead atoms. The highest BCUT2D eigenvalue weighted by Gasteiger charge is 2.11. The Morgan fingerprint density at radius 3 is 2.54 bits per heavy atom. The molecule has 0 fully saturated rings. The summed E-state index contributed by atoms with van der Waals surface area (Å²) in [5, 5.41) is 3.96. The van der Waals surface area contributed by atoms with Gasteiger partial charge in [-0.3, -0.25) is 4.79 Å². The van der Waals surface area contributed by atoms with Crippen LogP contribution in [0.1, 0.15) is 25.0 Å². The Hall–Kier alpha value is -2.41. The highest BCUT2D eigenvalue weighted by Crippen LogP contribution is 2.36. The van der Waals surface area contributed by atoms with E-state index in [9.17, 15) is 9.18 Å². The van der Waals surface area contributed by atoms with Gasteiger partial charge in [0.1, 0.15) is 5.82 Å². The number of hydrogen-bond acceptors (Lipinski definition) is 4. The molecular formula is C19H20BrFN2O3. The van der Waals surface area contributed by atoms with Gasteiger partial charge < -0.3 is 9.47 Å². The zero-order valence-electron chi connectivity index (χ0n) is 14.6. The predicted molar refractivity (Wildman–Crippen MR) is 102 cm³/mol. The minimum absolute atomic E-state index is 0.120. The van der Waals surface area contributed by atoms with Gasteiger partial charge in [-0.15, -0.1) is 0 Å². The third kappa shape index (κ3) is 5.84. The molecule has 7 heteroatoms. The second kappa shape index (κ2) is 9.91. The molecule has 0 saturated heterocycles. The van der Waals surface area contributed by atoms with Crippen molar-refractivity contribution in [1.29, 1.82) is 0 Å². The van der Waals surface area contributed by atoms with E-state index in [1.165, 1.54) is 18.3 Å². The molecule has 2 rings (SSSR count). The minimum atomic E-state index is -0.335. The van der Waals surface area contributed by atoms with Crippen molar-refractivity contribution in [2.75, 3.05) is 13.2 Å². The number of benzene rings is 2. The molecule has 2 aromatic rings. The molecule has 0 radical (unpaired) electrons. The summed E-state index contributed by atoms with van der Waals surface area (Å²) in [5.41, 5.74) is 3.91. The summed E-state index contributed by atoms with van der Waals surface area (Å²) >= 11 is 3.46. The van der Waals surface area contributed by atoms with E-state index in [1.54, 1.807) is 18.2 Å². The maximum Gasteiger partial charge on any atom is 0.244 e. The van der Waals surface area contributed by atoms with E-state index in [0.29, 0.717) is 30.3 Å². The van der Waals surface area contributed by atoms with Crippen LogP contribution in [0.15, 0.2) is 46.0 Å². The van der Waals surface area contributed by atoms with Gasteiger partial charge in [0.15, 0.2) is 11.5 Å². The van der Waals surface area contributed by atoms with Gasteiger partial charge in [0, 0.05) is 0 Å². The van der Waals surface area contributed by atoms with Crippen LogP contribution >= 0.6 is 15.9 Å². The first kappa shape index (κ1) is 19.9. The summed E-state index contributed by atoms with van der Waals surface area (Å²) in [6.07, 6.45) is 1.64. The summed E-state index contributed by atoms with van der Waals surface area (Å²) in [5.74, 6) is 0.607. The third-order valence-electron chi connectivity index (χ3n) is 3.30. The van der Waals surface area contributed by atoms with Crippen molar-refractivity contribution in [2.45, 2.75) is 20.3 Å². The smallest absolute Gasteiger partial charge is 0.244 e. The van der Waals surface area contributed by atoms with Gasteiger partial charge >= 0.3 is 0 Å². The molecule has 1 N–H and O–H groups in total. The topological polar surface area (TPSA) is 59.9 Å². The van der Waals surface area contributed by atoms with Gasteiger partial charge in [0.2, 0.25) is 5.91 Å². The minimum Gasteiger partial charge on any atom is -0.490 e. The summed E-state index contributed by atoms with van der Waals surface area (Å²) in [6.45, 7) is 4.81. The Bertz CT molecular complexity index is 779. The van der Waals surface area contributed by atoms with Crippen LogP contribution in [0.4, 0.5) is 4.39 Å². The van der Waals surface area contributed by atoms with Crippen molar-refractivity contribution >= 4 is 28.1 Å². The van der Waals surface area contributed by atoms with Gasteiger partial charge in [-0.25, -0.2) is 9.82 Å². The summed E-state index contributed by atoms with van der Waals surface area (Å²) in [6, 6.07) is 9.38. The molecule has 0 saturated carbocycles. The number of hydrazone groups is 1. The van der Waals surface area contributed by atoms with Crippen LogP contribution in [0.5, 0.6) is 11.5 Å². The summed E-state index contributed by atoms with van der Waals surface area (Å²) < 4.78 is 24.8. The number of hydrogen-bond donors (Lipinski definition) is 1. The van der Waals surface area contributed by atoms with E-state index in [0.717, 1.165) is 10.0 Å². The standard InChI is InChI=1S/C19H20BrFN2O3/c1-3-25-17-10-14(9-16(20)19(17)26-4-2)12-22-23-18(24)11-13-5-7-15(21)8-6-13/h5-10,12H,3-4,11H2,1-2H3,(H,23,24)/b22-12+. The Kier molecular flexibility index (Phi) is 7.59. The predicted octanol–water partition coefficient (Wildman–Crippen LogP) is 4.08. The largest absolute Gasteiger partial charge is 0.490 e. The summed E-state index contributed by atoms with van der Waals surface area (Å²) in [4.78, 5) is 11.9. The monoisotopic (exact) mass is 422 g/mol. The van der Waals surface area contributed by atoms with Gasteiger partial charge in [0.25, 0.3) is 0 Å². The number of halogens is 2. The first-order chi connectivity index (χ1) is 12.5. The maximum atomic E-state index is 12.9. The molecule has 26 heavy (non-hydrogen) atoms. The fourth-order valence-corrected chi connectivity index (χ4v) is 2.79. The lowest BCUT2D eigenvalue weighted by molar-refractivity contribution is -0.120. The van der Waals surface area contributed by atoms with Crippen molar-refractivity contribution in [1.82, 2.24) is 5.43 Å². The first-order valence-electron chi connectivity index (χ1n) is 8.19. The number of nitrogens with one attached hydrogen (secondary N) is 1. The zero-order valence-corrected chi connectivity index (χ0v) is 16.2. The molecule has 0 aliphatic rings. The first-order valence-corrected chi connectivity index (χ1v) is 8.98. The van der Waals surface area contributed by atoms with Crippen LogP contribution < -0.4 is 14.9 Å². The van der Waals surface area contributed by atoms with Crippen molar-refractivity contribution in [3.8, 4) is 11.5 Å². The average Bonchev–Trinajstić information content (AvgIpc) is 2.60. The third-order valence-corrected chi connectivity index (χ3v) is 3.89. The van der Waals surface area contributed by atoms with E-state index >= 15 is 0 Å². The Labute approximate surface area is 160 Å². The molecule has 5 nitrogen and oxygen atoms in total. The second-order valence-corrected chi connectivity index (χ2v) is 6.15. The quantitative estimate of drug-likeness (QED) is 0.514. The molecule has 0 aliphatic carbocycles. The van der Waals surface area contributed by atoms with Crippen molar-refractivity contribution in [3.05, 3.63) is 57.8 Å². The van der Waals surface area contributed by atoms with E-state index in [1.807, 2.05) is 19.9 Å². The molecule has 0 aromatic heterocycles. The second-order valence-electron chi connectivity index (χ2n) is 5.29. The molecule has 1 amide bonds. The lowest BCUT2D eigenvalue weighted by atomic mass is 10.1. The highest BCUT2D eigenvalue weighted by atomic mass is 79.9. The van der Waals surface area contributed by atoms with Crippen molar-refractivity contribution in [2.24, 2.45) is 5.10 Å². The van der Waals surface area contributed by atoms with Crippen molar-refractivity contribution in [3.63, 3.8) is 0 Å². The number of rotatable bonds is 8. The van der Waals surface area contributed by atoms with E-state index < -0.39 is 0 Å². The van der Waals surface area contributed by atoms with Gasteiger partial charge in [0.05, 0.1) is 30.3 Å². The molecule has 0 atom stereocenters. The Morgan fingerprint density at radius 1 is 1.19 bits per heavy atom. The normalized spacial score (nSPS) is 10.8. The molecule has 0 spiro atoms. The number of amides is 1. The zero-order chi connectivity index (χ0) is 18.9. The number of carbonyl (C=O) groups is 1. The fourth-order valence-electron chi connectivity index (χ4n) is 2.22. The molecule has 0 aliphatic heterocycles. The average molecular weight is 423 g/mol. The summed E-state index contributed by atoms with van der Waals surface area (Å²) in [7, 11) is 0. The molecule has 0 unspecified atom stereocenters. The number of carbonyl (C=O) groups excluding carboxylic acids is 1. The van der Waals surface area contributed by atoms with Gasteiger partial charge in [-0.1, -0.05) is 12.1 Å². The number of nitrogens with zero attached hydrogens (tertiary/aromatic N) is 1. The van der Waals surface area contributed by atoms with E-state index in [4.69, 9.17) is 9.47 Å². The van der Waals surface area contributed by atoms with E-state index in [2.05, 4.69) is 26.5 Å². The SMILES string of the molecule is CCOc1cc(/C=N/NC(=O)Cc2ccc(F)cc2)cc(Br)c1OCC. The highest BCUT2D eigenvalue weighted by molar-refractivity contribution is 9.10. The Morgan fingerprint density at radius 2 is 1.88 bits per heavy atom. The molecule has 138 valence electrons. The van der Waals surface area contributed by atoms with Crippen molar-refractivity contribution < 1.29 is 18.7 Å². The molecule has 0 heterocycles. The Balaban J connectivity index is 2.02. The van der Waals surface area contributed by atoms with Crippen LogP contribution in [0, 0.1) is 5.82 Å². The van der Waals surface area contributed by atoms with Crippen LogP contribution in [0.3, 0.4) is 0 Å². The van der Waals surface area contributed by atoms with Crippen LogP contribution in [0.2, 0.25) is 0 Å². The van der Waals surface area contributed by atoms with Gasteiger partial charge in [-0.05, 0) is 65.2 Å². The lowest BCUT2D eigenvalue weighted by Crippen LogP contribution is -2.19.